The van der Waals surface area contributed by atoms with Crippen LogP contribution in [0, 0.1) is 27.7 Å². The van der Waals surface area contributed by atoms with Crippen LogP contribution in [0.15, 0.2) is 6.07 Å². The Morgan fingerprint density at radius 2 is 0.741 bits per heavy atom. The molecule has 0 amide bonds. The topological polar surface area (TPSA) is 243 Å². The molecule has 0 fully saturated rings. The van der Waals surface area contributed by atoms with E-state index in [1.54, 1.807) is 2.81 Å². The summed E-state index contributed by atoms with van der Waals surface area (Å²) < 4.78 is 1.55. The quantitative estimate of drug-likeness (QED) is 0.181. The second-order valence-corrected chi connectivity index (χ2v) is 5.85. The molecule has 0 aromatic heterocycles. The monoisotopic (exact) mass is 404 g/mol. The predicted octanol–water partition coefficient (Wildman–Crippen LogP) is -6.49. The van der Waals surface area contributed by atoms with Crippen molar-refractivity contribution in [1.29, 1.82) is 0 Å². The summed E-state index contributed by atoms with van der Waals surface area (Å²) in [6, 6.07) is 2.32. The Hall–Kier alpha value is -0.000260. The zero-order valence-electron chi connectivity index (χ0n) is 15.8. The minimum Gasteiger partial charge on any atom is -0.402 e. The van der Waals surface area contributed by atoms with E-state index in [4.69, 9.17) is 60.3 Å². The number of hydrogen-bond donors (Lipinski definition) is 12. The molecule has 27 heavy (non-hydrogen) atoms. The minimum absolute atomic E-state index is 1.17. The minimum atomic E-state index is -2.17. The van der Waals surface area contributed by atoms with E-state index in [-0.39, 0.29) is 0 Å². The van der Waals surface area contributed by atoms with Gasteiger partial charge in [0.2, 0.25) is 0 Å². The SMILES string of the molecule is Cc1c[c]([Na])c(C)c(C)c1C.OB(O)O.OB(O)O.OB(O)O.OB(O)O. The molecule has 1 aromatic carbocycles. The van der Waals surface area contributed by atoms with Crippen molar-refractivity contribution in [3.05, 3.63) is 28.3 Å². The summed E-state index contributed by atoms with van der Waals surface area (Å²) in [6.07, 6.45) is 0. The molecule has 1 aromatic rings. The van der Waals surface area contributed by atoms with E-state index in [9.17, 15) is 0 Å². The molecule has 1 rings (SSSR count). The van der Waals surface area contributed by atoms with Gasteiger partial charge in [-0.15, -0.1) is 0 Å². The van der Waals surface area contributed by atoms with Gasteiger partial charge in [0.1, 0.15) is 0 Å². The average molecular weight is 404 g/mol. The van der Waals surface area contributed by atoms with Crippen LogP contribution in [-0.2, 0) is 0 Å². The summed E-state index contributed by atoms with van der Waals surface area (Å²) in [5.74, 6) is 0. The maximum absolute atomic E-state index is 7.17. The van der Waals surface area contributed by atoms with Crippen LogP contribution in [0.25, 0.3) is 0 Å². The fraction of sp³-hybridized carbons (Fsp3) is 0.400. The molecule has 0 spiro atoms. The van der Waals surface area contributed by atoms with E-state index in [2.05, 4.69) is 33.8 Å². The smallest absolute Gasteiger partial charge is 0.402 e. The van der Waals surface area contributed by atoms with Crippen LogP contribution in [0.3, 0.4) is 0 Å². The molecule has 0 atom stereocenters. The van der Waals surface area contributed by atoms with Crippen molar-refractivity contribution in [2.75, 3.05) is 0 Å². The molecule has 0 radical (unpaired) electrons. The summed E-state index contributed by atoms with van der Waals surface area (Å²) in [5.41, 5.74) is 5.88. The third kappa shape index (κ3) is 37.4. The Labute approximate surface area is 176 Å². The van der Waals surface area contributed by atoms with Gasteiger partial charge in [-0.2, -0.15) is 0 Å². The van der Waals surface area contributed by atoms with Gasteiger partial charge in [0.25, 0.3) is 0 Å². The Kier molecular flexibility index (Phi) is 26.5. The third-order valence-electron chi connectivity index (χ3n) is 2.74. The first kappa shape index (κ1) is 34.5. The van der Waals surface area contributed by atoms with Crippen molar-refractivity contribution in [3.63, 3.8) is 0 Å². The summed E-state index contributed by atoms with van der Waals surface area (Å²) >= 11 is 1.17. The van der Waals surface area contributed by atoms with Crippen LogP contribution in [0.2, 0.25) is 0 Å². The second-order valence-electron chi connectivity index (χ2n) is 4.77. The molecule has 0 unspecified atom stereocenters. The van der Waals surface area contributed by atoms with Crippen LogP contribution in [-0.4, -0.2) is 118 Å². The maximum Gasteiger partial charge on any atom is 0.631 e. The predicted molar refractivity (Wildman–Crippen MR) is 100 cm³/mol. The molecule has 0 heterocycles. The zero-order chi connectivity index (χ0) is 22.9. The van der Waals surface area contributed by atoms with Crippen molar-refractivity contribution >= 4 is 60.0 Å². The maximum atomic E-state index is 7.17. The number of hydrogen-bond acceptors (Lipinski definition) is 12. The molecule has 0 aliphatic rings. The summed E-state index contributed by atoms with van der Waals surface area (Å²) in [5, 5.41) is 86.0. The third-order valence-corrected chi connectivity index (χ3v) is 3.78. The molecule has 0 saturated carbocycles. The van der Waals surface area contributed by atoms with Gasteiger partial charge in [0.15, 0.2) is 0 Å². The van der Waals surface area contributed by atoms with Crippen LogP contribution in [0.4, 0.5) is 0 Å². The van der Waals surface area contributed by atoms with Gasteiger partial charge >= 0.3 is 116 Å². The number of benzene rings is 1. The first-order chi connectivity index (χ1) is 12.0. The van der Waals surface area contributed by atoms with Crippen LogP contribution in [0.5, 0.6) is 0 Å². The van der Waals surface area contributed by atoms with Crippen molar-refractivity contribution < 1.29 is 60.3 Å². The van der Waals surface area contributed by atoms with Crippen molar-refractivity contribution in [1.82, 2.24) is 0 Å². The van der Waals surface area contributed by atoms with Gasteiger partial charge < -0.3 is 60.3 Å². The zero-order valence-corrected chi connectivity index (χ0v) is 17.8. The Morgan fingerprint density at radius 3 is 0.963 bits per heavy atom. The van der Waals surface area contributed by atoms with Crippen LogP contribution in [0.1, 0.15) is 22.3 Å². The van der Waals surface area contributed by atoms with E-state index in [0.29, 0.717) is 0 Å². The van der Waals surface area contributed by atoms with Gasteiger partial charge in [-0.3, -0.25) is 0 Å². The van der Waals surface area contributed by atoms with Gasteiger partial charge in [-0.05, 0) is 0 Å². The van der Waals surface area contributed by atoms with Gasteiger partial charge in [-0.1, -0.05) is 0 Å². The molecule has 0 aliphatic heterocycles. The van der Waals surface area contributed by atoms with E-state index in [1.807, 2.05) is 0 Å². The first-order valence-corrected chi connectivity index (χ1v) is 8.18. The van der Waals surface area contributed by atoms with Gasteiger partial charge in [-0.25, -0.2) is 0 Å². The van der Waals surface area contributed by atoms with Crippen molar-refractivity contribution in [2.45, 2.75) is 27.7 Å². The van der Waals surface area contributed by atoms with Crippen LogP contribution < -0.4 is 2.81 Å². The fourth-order valence-corrected chi connectivity index (χ4v) is 2.22. The molecular weight excluding hydrogens is 378 g/mol. The van der Waals surface area contributed by atoms with E-state index < -0.39 is 29.3 Å². The average Bonchev–Trinajstić information content (AvgIpc) is 2.40. The Morgan fingerprint density at radius 1 is 0.519 bits per heavy atom. The molecule has 0 saturated heterocycles. The van der Waals surface area contributed by atoms with Gasteiger partial charge in [0.05, 0.1) is 0 Å². The molecular formula is C10H25B4NaO12. The van der Waals surface area contributed by atoms with E-state index in [0.717, 1.165) is 0 Å². The number of aryl methyl sites for hydroxylation is 1. The Balaban J connectivity index is -0.000000139. The summed E-state index contributed by atoms with van der Waals surface area (Å²) in [6.45, 7) is 8.85. The molecule has 12 nitrogen and oxygen atoms in total. The Bertz CT molecular complexity index is 417. The first-order valence-electron chi connectivity index (χ1n) is 7.18. The summed E-state index contributed by atoms with van der Waals surface area (Å²) in [4.78, 5) is 0. The van der Waals surface area contributed by atoms with Crippen molar-refractivity contribution in [3.8, 4) is 0 Å². The van der Waals surface area contributed by atoms with E-state index in [1.165, 1.54) is 50.2 Å². The molecule has 0 aliphatic carbocycles. The molecule has 0 bridgehead atoms. The molecule has 17 heteroatoms. The van der Waals surface area contributed by atoms with Crippen LogP contribution >= 0.6 is 0 Å². The van der Waals surface area contributed by atoms with Gasteiger partial charge in [0, 0.05) is 0 Å². The molecule has 12 N–H and O–H groups in total. The van der Waals surface area contributed by atoms with E-state index >= 15 is 0 Å². The standard InChI is InChI=1S/C10H13.4BH3O3.Na/c1-7-5-6-8(2)10(4)9(7)3;4*2-1(3)4;/h5H,1-4H3;4*2-4H;. The fourth-order valence-electron chi connectivity index (χ4n) is 1.41. The number of rotatable bonds is 0. The largest absolute Gasteiger partial charge is 0.631 e. The molecule has 150 valence electrons. The summed E-state index contributed by atoms with van der Waals surface area (Å²) in [7, 11) is -8.67. The van der Waals surface area contributed by atoms with Crippen molar-refractivity contribution in [2.24, 2.45) is 0 Å². The second kappa shape index (κ2) is 20.7. The normalized spacial score (nSPS) is 8.22.